The minimum Gasteiger partial charge on any atom is -0.337 e. The van der Waals surface area contributed by atoms with Crippen LogP contribution in [0.1, 0.15) is 11.1 Å². The third kappa shape index (κ3) is 5.62. The zero-order valence-corrected chi connectivity index (χ0v) is 19.0. The Morgan fingerprint density at radius 1 is 0.968 bits per heavy atom. The van der Waals surface area contributed by atoms with Gasteiger partial charge in [0.05, 0.1) is 10.6 Å². The van der Waals surface area contributed by atoms with E-state index in [9.17, 15) is 4.79 Å². The van der Waals surface area contributed by atoms with Crippen molar-refractivity contribution in [2.45, 2.75) is 18.1 Å². The number of hydrogen-bond donors (Lipinski definition) is 0. The molecule has 7 heteroatoms. The molecule has 31 heavy (non-hydrogen) atoms. The largest absolute Gasteiger partial charge is 0.337 e. The molecule has 0 fully saturated rings. The van der Waals surface area contributed by atoms with Crippen molar-refractivity contribution in [2.75, 3.05) is 12.3 Å². The molecule has 2 aromatic carbocycles. The summed E-state index contributed by atoms with van der Waals surface area (Å²) in [5.41, 5.74) is 2.36. The molecule has 0 unspecified atom stereocenters. The Kier molecular flexibility index (Phi) is 7.17. The van der Waals surface area contributed by atoms with E-state index in [4.69, 9.17) is 0 Å². The third-order valence-electron chi connectivity index (χ3n) is 4.98. The van der Waals surface area contributed by atoms with E-state index in [0.717, 1.165) is 27.8 Å². The van der Waals surface area contributed by atoms with Crippen LogP contribution in [0, 0.1) is 0 Å². The number of aromatic nitrogens is 3. The Bertz CT molecular complexity index is 1100. The first-order valence-electron chi connectivity index (χ1n) is 10.1. The summed E-state index contributed by atoms with van der Waals surface area (Å²) in [6, 6.07) is 24.5. The molecule has 0 aliphatic heterocycles. The standard InChI is InChI=1S/C24H24N4OS2/c1-27-23(21-13-8-16-30-21)25-26-24(27)31-18-22(29)28(17-20-11-6-3-7-12-20)15-14-19-9-4-2-5-10-19/h2-13,16H,14-15,17-18H2,1H3. The number of rotatable bonds is 9. The van der Waals surface area contributed by atoms with Crippen molar-refractivity contribution in [3.05, 3.63) is 89.3 Å². The number of hydrogen-bond acceptors (Lipinski definition) is 5. The predicted octanol–water partition coefficient (Wildman–Crippen LogP) is 4.91. The van der Waals surface area contributed by atoms with Crippen LogP contribution in [0.15, 0.2) is 83.3 Å². The highest BCUT2D eigenvalue weighted by Gasteiger charge is 2.18. The van der Waals surface area contributed by atoms with Gasteiger partial charge in [0, 0.05) is 20.1 Å². The van der Waals surface area contributed by atoms with Gasteiger partial charge in [-0.25, -0.2) is 0 Å². The normalized spacial score (nSPS) is 10.9. The van der Waals surface area contributed by atoms with Crippen LogP contribution in [-0.4, -0.2) is 37.9 Å². The van der Waals surface area contributed by atoms with Gasteiger partial charge in [-0.2, -0.15) is 0 Å². The van der Waals surface area contributed by atoms with Gasteiger partial charge in [0.2, 0.25) is 5.91 Å². The van der Waals surface area contributed by atoms with Gasteiger partial charge in [0.1, 0.15) is 0 Å². The first-order chi connectivity index (χ1) is 15.2. The summed E-state index contributed by atoms with van der Waals surface area (Å²) in [6.07, 6.45) is 0.830. The van der Waals surface area contributed by atoms with Gasteiger partial charge in [-0.05, 0) is 29.0 Å². The number of carbonyl (C=O) groups is 1. The van der Waals surface area contributed by atoms with E-state index in [2.05, 4.69) is 34.5 Å². The highest BCUT2D eigenvalue weighted by molar-refractivity contribution is 7.99. The number of thioether (sulfide) groups is 1. The molecule has 0 aliphatic carbocycles. The monoisotopic (exact) mass is 448 g/mol. The van der Waals surface area contributed by atoms with Gasteiger partial charge in [-0.1, -0.05) is 78.5 Å². The molecule has 2 aromatic heterocycles. The van der Waals surface area contributed by atoms with Gasteiger partial charge in [-0.15, -0.1) is 21.5 Å². The second-order valence-corrected chi connectivity index (χ2v) is 9.06. The lowest BCUT2D eigenvalue weighted by atomic mass is 10.1. The fourth-order valence-electron chi connectivity index (χ4n) is 3.28. The second kappa shape index (κ2) is 10.4. The van der Waals surface area contributed by atoms with Crippen molar-refractivity contribution in [1.29, 1.82) is 0 Å². The van der Waals surface area contributed by atoms with E-state index in [1.807, 2.05) is 70.4 Å². The molecule has 5 nitrogen and oxygen atoms in total. The van der Waals surface area contributed by atoms with Crippen LogP contribution in [0.5, 0.6) is 0 Å². The number of carbonyl (C=O) groups excluding carboxylic acids is 1. The molecule has 0 radical (unpaired) electrons. The highest BCUT2D eigenvalue weighted by atomic mass is 32.2. The van der Waals surface area contributed by atoms with Crippen molar-refractivity contribution < 1.29 is 4.79 Å². The summed E-state index contributed by atoms with van der Waals surface area (Å²) in [7, 11) is 1.94. The summed E-state index contributed by atoms with van der Waals surface area (Å²) in [6.45, 7) is 1.28. The molecule has 0 aliphatic rings. The van der Waals surface area contributed by atoms with Crippen molar-refractivity contribution in [2.24, 2.45) is 7.05 Å². The molecule has 4 aromatic rings. The molecular formula is C24H24N4OS2. The zero-order chi connectivity index (χ0) is 21.5. The van der Waals surface area contributed by atoms with Gasteiger partial charge < -0.3 is 9.47 Å². The second-order valence-electron chi connectivity index (χ2n) is 7.17. The maximum atomic E-state index is 13.1. The third-order valence-corrected chi connectivity index (χ3v) is 6.85. The lowest BCUT2D eigenvalue weighted by molar-refractivity contribution is -0.128. The fraction of sp³-hybridized carbons (Fsp3) is 0.208. The number of amides is 1. The molecule has 0 saturated heterocycles. The Morgan fingerprint density at radius 2 is 1.68 bits per heavy atom. The fourth-order valence-corrected chi connectivity index (χ4v) is 4.84. The summed E-state index contributed by atoms with van der Waals surface area (Å²) >= 11 is 3.07. The smallest absolute Gasteiger partial charge is 0.233 e. The van der Waals surface area contributed by atoms with E-state index >= 15 is 0 Å². The van der Waals surface area contributed by atoms with Crippen molar-refractivity contribution in [1.82, 2.24) is 19.7 Å². The number of thiophene rings is 1. The molecule has 1 amide bonds. The Morgan fingerprint density at radius 3 is 2.35 bits per heavy atom. The Labute approximate surface area is 190 Å². The minimum atomic E-state index is 0.102. The SMILES string of the molecule is Cn1c(SCC(=O)N(CCc2ccccc2)Cc2ccccc2)nnc1-c1cccs1. The molecule has 0 bridgehead atoms. The molecule has 0 atom stereocenters. The first-order valence-corrected chi connectivity index (χ1v) is 12.0. The van der Waals surface area contributed by atoms with E-state index in [-0.39, 0.29) is 5.91 Å². The van der Waals surface area contributed by atoms with Crippen LogP contribution in [0.4, 0.5) is 0 Å². The highest BCUT2D eigenvalue weighted by Crippen LogP contribution is 2.26. The molecular weight excluding hydrogens is 424 g/mol. The lowest BCUT2D eigenvalue weighted by Gasteiger charge is -2.23. The van der Waals surface area contributed by atoms with Crippen molar-refractivity contribution >= 4 is 29.0 Å². The van der Waals surface area contributed by atoms with Gasteiger partial charge >= 0.3 is 0 Å². The summed E-state index contributed by atoms with van der Waals surface area (Å²) < 4.78 is 1.95. The van der Waals surface area contributed by atoms with Crippen LogP contribution in [0.3, 0.4) is 0 Å². The average Bonchev–Trinajstić information content (AvgIpc) is 3.46. The maximum absolute atomic E-state index is 13.1. The number of benzene rings is 2. The van der Waals surface area contributed by atoms with E-state index in [1.165, 1.54) is 17.3 Å². The summed E-state index contributed by atoms with van der Waals surface area (Å²) in [5, 5.41) is 11.4. The molecule has 0 spiro atoms. The van der Waals surface area contributed by atoms with E-state index in [0.29, 0.717) is 18.8 Å². The van der Waals surface area contributed by atoms with E-state index < -0.39 is 0 Å². The minimum absolute atomic E-state index is 0.102. The lowest BCUT2D eigenvalue weighted by Crippen LogP contribution is -2.34. The van der Waals surface area contributed by atoms with Gasteiger partial charge in [0.25, 0.3) is 0 Å². The maximum Gasteiger partial charge on any atom is 0.233 e. The average molecular weight is 449 g/mol. The van der Waals surface area contributed by atoms with Crippen LogP contribution in [0.2, 0.25) is 0 Å². The predicted molar refractivity (Wildman–Crippen MR) is 127 cm³/mol. The molecule has 0 saturated carbocycles. The summed E-state index contributed by atoms with van der Waals surface area (Å²) in [5.74, 6) is 1.26. The Balaban J connectivity index is 1.42. The van der Waals surface area contributed by atoms with Gasteiger partial charge in [0.15, 0.2) is 11.0 Å². The van der Waals surface area contributed by atoms with Crippen LogP contribution < -0.4 is 0 Å². The molecule has 2 heterocycles. The first kappa shape index (κ1) is 21.3. The van der Waals surface area contributed by atoms with Crippen molar-refractivity contribution in [3.63, 3.8) is 0 Å². The van der Waals surface area contributed by atoms with Crippen molar-refractivity contribution in [3.8, 4) is 10.7 Å². The molecule has 158 valence electrons. The van der Waals surface area contributed by atoms with Crippen LogP contribution in [-0.2, 0) is 24.8 Å². The van der Waals surface area contributed by atoms with E-state index in [1.54, 1.807) is 11.3 Å². The molecule has 0 N–H and O–H groups in total. The quantitative estimate of drug-likeness (QED) is 0.342. The zero-order valence-electron chi connectivity index (χ0n) is 17.3. The Hall–Kier alpha value is -2.90. The topological polar surface area (TPSA) is 51.0 Å². The van der Waals surface area contributed by atoms with Crippen LogP contribution >= 0.6 is 23.1 Å². The number of nitrogens with zero attached hydrogens (tertiary/aromatic N) is 4. The van der Waals surface area contributed by atoms with Crippen LogP contribution in [0.25, 0.3) is 10.7 Å². The molecule has 4 rings (SSSR count). The van der Waals surface area contributed by atoms with Gasteiger partial charge in [-0.3, -0.25) is 4.79 Å². The summed E-state index contributed by atoms with van der Waals surface area (Å²) in [4.78, 5) is 16.1.